The molecule has 2 N–H and O–H groups in total. The lowest BCUT2D eigenvalue weighted by atomic mass is 10.2. The Morgan fingerprint density at radius 2 is 2.35 bits per heavy atom. The SMILES string of the molecule is NCC1CN(c2ccc(-n3cccn3)c(F)c2)C(=O)O1. The van der Waals surface area contributed by atoms with E-state index in [9.17, 15) is 9.18 Å². The summed E-state index contributed by atoms with van der Waals surface area (Å²) in [6.07, 6.45) is 2.35. The van der Waals surface area contributed by atoms with Gasteiger partial charge in [0.25, 0.3) is 0 Å². The van der Waals surface area contributed by atoms with Gasteiger partial charge in [-0.05, 0) is 24.3 Å². The van der Waals surface area contributed by atoms with Gasteiger partial charge in [0.2, 0.25) is 0 Å². The minimum absolute atomic E-state index is 0.246. The van der Waals surface area contributed by atoms with Gasteiger partial charge in [0.15, 0.2) is 5.82 Å². The van der Waals surface area contributed by atoms with E-state index in [4.69, 9.17) is 10.5 Å². The van der Waals surface area contributed by atoms with E-state index in [0.717, 1.165) is 0 Å². The number of carbonyl (C=O) groups is 1. The van der Waals surface area contributed by atoms with Crippen molar-refractivity contribution in [3.63, 3.8) is 0 Å². The van der Waals surface area contributed by atoms with Gasteiger partial charge < -0.3 is 10.5 Å². The van der Waals surface area contributed by atoms with Gasteiger partial charge in [-0.3, -0.25) is 4.90 Å². The molecule has 2 aromatic rings. The van der Waals surface area contributed by atoms with Gasteiger partial charge in [-0.1, -0.05) is 0 Å². The highest BCUT2D eigenvalue weighted by Crippen LogP contribution is 2.24. The van der Waals surface area contributed by atoms with Crippen molar-refractivity contribution < 1.29 is 13.9 Å². The van der Waals surface area contributed by atoms with Crippen LogP contribution < -0.4 is 10.6 Å². The number of halogens is 1. The summed E-state index contributed by atoms with van der Waals surface area (Å²) >= 11 is 0. The van der Waals surface area contributed by atoms with Gasteiger partial charge in [-0.15, -0.1) is 0 Å². The number of benzene rings is 1. The Hall–Kier alpha value is -2.41. The summed E-state index contributed by atoms with van der Waals surface area (Å²) in [6.45, 7) is 0.575. The number of anilines is 1. The molecule has 104 valence electrons. The fourth-order valence-corrected chi connectivity index (χ4v) is 2.12. The smallest absolute Gasteiger partial charge is 0.414 e. The third-order valence-corrected chi connectivity index (χ3v) is 3.13. The number of rotatable bonds is 3. The normalized spacial score (nSPS) is 18.4. The lowest BCUT2D eigenvalue weighted by Gasteiger charge is -2.14. The Bertz CT molecular complexity index is 629. The molecule has 1 aromatic heterocycles. The monoisotopic (exact) mass is 276 g/mol. The van der Waals surface area contributed by atoms with Gasteiger partial charge >= 0.3 is 6.09 Å². The van der Waals surface area contributed by atoms with Crippen molar-refractivity contribution >= 4 is 11.8 Å². The molecule has 1 aliphatic rings. The van der Waals surface area contributed by atoms with E-state index in [-0.39, 0.29) is 12.6 Å². The van der Waals surface area contributed by atoms with Crippen LogP contribution in [0.25, 0.3) is 5.69 Å². The van der Waals surface area contributed by atoms with E-state index in [0.29, 0.717) is 17.9 Å². The molecule has 1 fully saturated rings. The summed E-state index contributed by atoms with van der Waals surface area (Å²) in [5.74, 6) is -0.463. The second-order valence-electron chi connectivity index (χ2n) is 4.44. The van der Waals surface area contributed by atoms with Crippen LogP contribution in [0.2, 0.25) is 0 Å². The topological polar surface area (TPSA) is 73.4 Å². The predicted octanol–water partition coefficient (Wildman–Crippen LogP) is 1.30. The van der Waals surface area contributed by atoms with Crippen LogP contribution in [0.1, 0.15) is 0 Å². The number of cyclic esters (lactones) is 1. The third kappa shape index (κ3) is 2.12. The lowest BCUT2D eigenvalue weighted by Crippen LogP contribution is -2.27. The number of amides is 1. The summed E-state index contributed by atoms with van der Waals surface area (Å²) in [7, 11) is 0. The van der Waals surface area contributed by atoms with E-state index in [1.54, 1.807) is 30.6 Å². The molecular formula is C13H13FN4O2. The van der Waals surface area contributed by atoms with Crippen molar-refractivity contribution in [1.29, 1.82) is 0 Å². The van der Waals surface area contributed by atoms with Gasteiger partial charge in [0.05, 0.1) is 12.2 Å². The molecule has 1 aromatic carbocycles. The number of aromatic nitrogens is 2. The molecule has 1 saturated heterocycles. The molecule has 3 rings (SSSR count). The first kappa shape index (κ1) is 12.6. The van der Waals surface area contributed by atoms with Crippen LogP contribution in [0, 0.1) is 5.82 Å². The van der Waals surface area contributed by atoms with Crippen LogP contribution in [-0.4, -0.2) is 35.1 Å². The minimum atomic E-state index is -0.508. The molecule has 7 heteroatoms. The fourth-order valence-electron chi connectivity index (χ4n) is 2.12. The van der Waals surface area contributed by atoms with Gasteiger partial charge in [0.1, 0.15) is 11.8 Å². The van der Waals surface area contributed by atoms with Gasteiger partial charge in [-0.25, -0.2) is 13.9 Å². The van der Waals surface area contributed by atoms with E-state index in [1.165, 1.54) is 15.6 Å². The van der Waals surface area contributed by atoms with Crippen LogP contribution >= 0.6 is 0 Å². The zero-order chi connectivity index (χ0) is 14.1. The summed E-state index contributed by atoms with van der Waals surface area (Å²) < 4.78 is 20.6. The summed E-state index contributed by atoms with van der Waals surface area (Å²) in [5.41, 5.74) is 6.23. The Kier molecular flexibility index (Phi) is 3.11. The van der Waals surface area contributed by atoms with E-state index in [1.807, 2.05) is 0 Å². The Morgan fingerprint density at radius 3 is 2.95 bits per heavy atom. The van der Waals surface area contributed by atoms with Crippen LogP contribution in [0.3, 0.4) is 0 Å². The highest BCUT2D eigenvalue weighted by molar-refractivity contribution is 5.89. The Labute approximate surface area is 114 Å². The first-order valence-corrected chi connectivity index (χ1v) is 6.17. The summed E-state index contributed by atoms with van der Waals surface area (Å²) in [5, 5.41) is 3.97. The second-order valence-corrected chi connectivity index (χ2v) is 4.44. The van der Waals surface area contributed by atoms with Crippen LogP contribution in [0.5, 0.6) is 0 Å². The number of hydrogen-bond acceptors (Lipinski definition) is 4. The zero-order valence-corrected chi connectivity index (χ0v) is 10.6. The molecule has 20 heavy (non-hydrogen) atoms. The molecule has 2 heterocycles. The molecule has 1 aliphatic heterocycles. The van der Waals surface area contributed by atoms with Gasteiger partial charge in [0, 0.05) is 18.9 Å². The molecule has 0 bridgehead atoms. The van der Waals surface area contributed by atoms with Crippen LogP contribution in [0.15, 0.2) is 36.7 Å². The third-order valence-electron chi connectivity index (χ3n) is 3.13. The highest BCUT2D eigenvalue weighted by atomic mass is 19.1. The molecule has 1 amide bonds. The minimum Gasteiger partial charge on any atom is -0.443 e. The number of carbonyl (C=O) groups excluding carboxylic acids is 1. The molecule has 6 nitrogen and oxygen atoms in total. The Morgan fingerprint density at radius 1 is 1.50 bits per heavy atom. The lowest BCUT2D eigenvalue weighted by molar-refractivity contribution is 0.145. The zero-order valence-electron chi connectivity index (χ0n) is 10.6. The van der Waals surface area contributed by atoms with Crippen molar-refractivity contribution in [2.45, 2.75) is 6.10 Å². The Balaban J connectivity index is 1.89. The van der Waals surface area contributed by atoms with E-state index >= 15 is 0 Å². The van der Waals surface area contributed by atoms with Crippen LogP contribution in [-0.2, 0) is 4.74 Å². The van der Waals surface area contributed by atoms with Crippen molar-refractivity contribution in [3.8, 4) is 5.69 Å². The van der Waals surface area contributed by atoms with Crippen molar-refractivity contribution in [3.05, 3.63) is 42.5 Å². The average molecular weight is 276 g/mol. The average Bonchev–Trinajstić information content (AvgIpc) is 3.07. The van der Waals surface area contributed by atoms with Crippen molar-refractivity contribution in [1.82, 2.24) is 9.78 Å². The van der Waals surface area contributed by atoms with E-state index < -0.39 is 11.9 Å². The molecule has 0 radical (unpaired) electrons. The second kappa shape index (κ2) is 4.93. The molecule has 1 atom stereocenters. The molecule has 0 saturated carbocycles. The number of nitrogens with zero attached hydrogens (tertiary/aromatic N) is 3. The largest absolute Gasteiger partial charge is 0.443 e. The van der Waals surface area contributed by atoms with Crippen molar-refractivity contribution in [2.24, 2.45) is 5.73 Å². The summed E-state index contributed by atoms with van der Waals surface area (Å²) in [4.78, 5) is 13.0. The first-order valence-electron chi connectivity index (χ1n) is 6.17. The maximum absolute atomic E-state index is 14.1. The summed E-state index contributed by atoms with van der Waals surface area (Å²) in [6, 6.07) is 6.22. The predicted molar refractivity (Wildman–Crippen MR) is 70.2 cm³/mol. The van der Waals surface area contributed by atoms with Gasteiger partial charge in [-0.2, -0.15) is 5.10 Å². The van der Waals surface area contributed by atoms with E-state index in [2.05, 4.69) is 5.10 Å². The molecule has 1 unspecified atom stereocenters. The maximum Gasteiger partial charge on any atom is 0.414 e. The standard InChI is InChI=1S/C13H13FN4O2/c14-11-6-9(17-8-10(7-15)20-13(17)19)2-3-12(11)18-5-1-4-16-18/h1-6,10H,7-8,15H2. The number of ether oxygens (including phenoxy) is 1. The van der Waals surface area contributed by atoms with Crippen molar-refractivity contribution in [2.75, 3.05) is 18.0 Å². The molecular weight excluding hydrogens is 263 g/mol. The quantitative estimate of drug-likeness (QED) is 0.917. The number of nitrogens with two attached hydrogens (primary N) is 1. The molecule has 0 aliphatic carbocycles. The maximum atomic E-state index is 14.1. The number of hydrogen-bond donors (Lipinski definition) is 1. The van der Waals surface area contributed by atoms with Crippen LogP contribution in [0.4, 0.5) is 14.9 Å². The highest BCUT2D eigenvalue weighted by Gasteiger charge is 2.31. The first-order chi connectivity index (χ1) is 9.69. The fraction of sp³-hybridized carbons (Fsp3) is 0.231. The molecule has 0 spiro atoms.